The zero-order valence-corrected chi connectivity index (χ0v) is 16.1. The molecule has 4 nitrogen and oxygen atoms in total. The van der Waals surface area contributed by atoms with E-state index in [-0.39, 0.29) is 12.4 Å². The molecule has 1 aliphatic heterocycles. The van der Waals surface area contributed by atoms with Crippen molar-refractivity contribution in [1.82, 2.24) is 4.90 Å². The number of carbonyl (C=O) groups is 1. The number of amidine groups is 1. The summed E-state index contributed by atoms with van der Waals surface area (Å²) in [6.07, 6.45) is -0.269. The van der Waals surface area contributed by atoms with Gasteiger partial charge in [0, 0.05) is 44.8 Å². The second kappa shape index (κ2) is 11.5. The average Bonchev–Trinajstić information content (AvgIpc) is 2.82. The molecule has 1 aromatic carbocycles. The van der Waals surface area contributed by atoms with Crippen molar-refractivity contribution in [2.24, 2.45) is 4.99 Å². The van der Waals surface area contributed by atoms with Crippen LogP contribution < -0.4 is 0 Å². The largest absolute Gasteiger partial charge is 0.411 e. The van der Waals surface area contributed by atoms with Crippen molar-refractivity contribution < 1.29 is 22.7 Å². The highest BCUT2D eigenvalue weighted by Crippen LogP contribution is 2.14. The van der Waals surface area contributed by atoms with E-state index in [2.05, 4.69) is 26.8 Å². The molecule has 1 heterocycles. The second-order valence-corrected chi connectivity index (χ2v) is 6.06. The Labute approximate surface area is 158 Å². The van der Waals surface area contributed by atoms with Crippen molar-refractivity contribution in [2.45, 2.75) is 39.3 Å². The quantitative estimate of drug-likeness (QED) is 0.730. The molecule has 1 aromatic rings. The van der Waals surface area contributed by atoms with Gasteiger partial charge in [0.15, 0.2) is 5.78 Å². The Morgan fingerprint density at radius 1 is 1.22 bits per heavy atom. The van der Waals surface area contributed by atoms with Crippen molar-refractivity contribution in [3.8, 4) is 0 Å². The average molecular weight is 384 g/mol. The molecule has 0 bridgehead atoms. The fourth-order valence-electron chi connectivity index (χ4n) is 2.35. The highest BCUT2D eigenvalue weighted by molar-refractivity contribution is 5.96. The first-order chi connectivity index (χ1) is 12.8. The van der Waals surface area contributed by atoms with Gasteiger partial charge in [-0.25, -0.2) is 4.99 Å². The highest BCUT2D eigenvalue weighted by Gasteiger charge is 2.26. The maximum Gasteiger partial charge on any atom is 0.411 e. The molecule has 27 heavy (non-hydrogen) atoms. The topological polar surface area (TPSA) is 41.9 Å². The molecule has 150 valence electrons. The molecule has 0 radical (unpaired) electrons. The number of halogens is 3. The lowest BCUT2D eigenvalue weighted by Crippen LogP contribution is -2.28. The van der Waals surface area contributed by atoms with Gasteiger partial charge in [-0.3, -0.25) is 4.79 Å². The van der Waals surface area contributed by atoms with E-state index in [1.807, 2.05) is 32.2 Å². The highest BCUT2D eigenvalue weighted by atomic mass is 19.4. The van der Waals surface area contributed by atoms with Gasteiger partial charge in [-0.05, 0) is 18.9 Å². The standard InChI is InChI=1S/C16H20N2O.C4H7F3O/c1-3-15(19)14-9-10-18(2)16(17-12-14)11-13-7-5-4-6-8-13;1-2-8-3-4(5,6)7/h4-8,12H,3,9-11H2,1-2H3;2-3H2,1H3. The van der Waals surface area contributed by atoms with Crippen LogP contribution in [-0.4, -0.2) is 49.5 Å². The van der Waals surface area contributed by atoms with Gasteiger partial charge >= 0.3 is 6.18 Å². The minimum absolute atomic E-state index is 0.111. The van der Waals surface area contributed by atoms with Crippen LogP contribution >= 0.6 is 0 Å². The smallest absolute Gasteiger partial charge is 0.372 e. The number of ether oxygens (including phenoxy) is 1. The number of hydrogen-bond donors (Lipinski definition) is 0. The number of carbonyl (C=O) groups excluding carboxylic acids is 1. The van der Waals surface area contributed by atoms with E-state index < -0.39 is 12.8 Å². The van der Waals surface area contributed by atoms with E-state index in [9.17, 15) is 18.0 Å². The van der Waals surface area contributed by atoms with Crippen LogP contribution in [0.2, 0.25) is 0 Å². The molecule has 1 aliphatic rings. The summed E-state index contributed by atoms with van der Waals surface area (Å²) in [5.74, 6) is 1.23. The van der Waals surface area contributed by atoms with Gasteiger partial charge in [-0.15, -0.1) is 0 Å². The molecule has 0 aliphatic carbocycles. The predicted octanol–water partition coefficient (Wildman–Crippen LogP) is 4.41. The summed E-state index contributed by atoms with van der Waals surface area (Å²) in [5, 5.41) is 0. The second-order valence-electron chi connectivity index (χ2n) is 6.06. The number of nitrogens with zero attached hydrogens (tertiary/aromatic N) is 2. The summed E-state index contributed by atoms with van der Waals surface area (Å²) < 4.78 is 37.4. The van der Waals surface area contributed by atoms with Crippen LogP contribution in [0.15, 0.2) is 47.1 Å². The SMILES string of the molecule is CCC(=O)C1=CN=C(Cc2ccccc2)N(C)CC1.CCOCC(F)(F)F. The molecular formula is C20H27F3N2O2. The number of ketones is 1. The van der Waals surface area contributed by atoms with Crippen LogP contribution in [0.5, 0.6) is 0 Å². The van der Waals surface area contributed by atoms with E-state index in [0.29, 0.717) is 6.42 Å². The van der Waals surface area contributed by atoms with E-state index in [1.165, 1.54) is 12.5 Å². The Morgan fingerprint density at radius 3 is 2.41 bits per heavy atom. The molecule has 0 saturated heterocycles. The zero-order chi connectivity index (χ0) is 20.3. The van der Waals surface area contributed by atoms with Gasteiger partial charge in [0.05, 0.1) is 0 Å². The van der Waals surface area contributed by atoms with E-state index in [4.69, 9.17) is 0 Å². The van der Waals surface area contributed by atoms with Crippen molar-refractivity contribution in [1.29, 1.82) is 0 Å². The Morgan fingerprint density at radius 2 is 1.89 bits per heavy atom. The molecule has 0 aromatic heterocycles. The molecule has 0 saturated carbocycles. The van der Waals surface area contributed by atoms with Crippen LogP contribution in [-0.2, 0) is 16.0 Å². The predicted molar refractivity (Wildman–Crippen MR) is 101 cm³/mol. The van der Waals surface area contributed by atoms with Crippen molar-refractivity contribution >= 4 is 11.6 Å². The number of likely N-dealkylation sites (N-methyl/N-ethyl adjacent to an activating group) is 1. The number of Topliss-reactive ketones (excluding diaryl/α,β-unsaturated/α-hetero) is 1. The van der Waals surface area contributed by atoms with Gasteiger partial charge < -0.3 is 9.64 Å². The number of rotatable bonds is 6. The summed E-state index contributed by atoms with van der Waals surface area (Å²) in [4.78, 5) is 18.4. The number of aliphatic imine (C=N–C) groups is 1. The molecule has 0 amide bonds. The third-order valence-corrected chi connectivity index (χ3v) is 3.88. The third-order valence-electron chi connectivity index (χ3n) is 3.88. The fraction of sp³-hybridized carbons (Fsp3) is 0.500. The first-order valence-electron chi connectivity index (χ1n) is 8.95. The van der Waals surface area contributed by atoms with Crippen LogP contribution in [0, 0.1) is 0 Å². The lowest BCUT2D eigenvalue weighted by molar-refractivity contribution is -0.172. The Balaban J connectivity index is 0.000000387. The molecular weight excluding hydrogens is 357 g/mol. The molecule has 0 spiro atoms. The number of benzene rings is 1. The van der Waals surface area contributed by atoms with E-state index in [0.717, 1.165) is 30.8 Å². The monoisotopic (exact) mass is 384 g/mol. The Bertz CT molecular complexity index is 640. The van der Waals surface area contributed by atoms with Crippen molar-refractivity contribution in [3.63, 3.8) is 0 Å². The zero-order valence-electron chi connectivity index (χ0n) is 16.1. The van der Waals surface area contributed by atoms with Crippen LogP contribution in [0.3, 0.4) is 0 Å². The van der Waals surface area contributed by atoms with Crippen LogP contribution in [0.1, 0.15) is 32.3 Å². The van der Waals surface area contributed by atoms with Gasteiger partial charge in [0.1, 0.15) is 12.4 Å². The van der Waals surface area contributed by atoms with Gasteiger partial charge in [0.25, 0.3) is 0 Å². The third kappa shape index (κ3) is 9.38. The lowest BCUT2D eigenvalue weighted by Gasteiger charge is -2.19. The summed E-state index contributed by atoms with van der Waals surface area (Å²) in [6, 6.07) is 10.3. The van der Waals surface area contributed by atoms with Gasteiger partial charge in [-0.2, -0.15) is 13.2 Å². The molecule has 0 N–H and O–H groups in total. The lowest BCUT2D eigenvalue weighted by atomic mass is 10.1. The molecule has 0 unspecified atom stereocenters. The summed E-state index contributed by atoms with van der Waals surface area (Å²) in [5.41, 5.74) is 2.09. The summed E-state index contributed by atoms with van der Waals surface area (Å²) >= 11 is 0. The van der Waals surface area contributed by atoms with Crippen LogP contribution in [0.4, 0.5) is 13.2 Å². The van der Waals surface area contributed by atoms with E-state index in [1.54, 1.807) is 6.20 Å². The Kier molecular flexibility index (Phi) is 9.78. The van der Waals surface area contributed by atoms with E-state index >= 15 is 0 Å². The normalized spacial score (nSPS) is 14.5. The maximum atomic E-state index is 11.7. The van der Waals surface area contributed by atoms with Crippen LogP contribution in [0.25, 0.3) is 0 Å². The molecule has 2 rings (SSSR count). The van der Waals surface area contributed by atoms with Crippen molar-refractivity contribution in [2.75, 3.05) is 26.8 Å². The van der Waals surface area contributed by atoms with Crippen molar-refractivity contribution in [3.05, 3.63) is 47.7 Å². The first kappa shape index (κ1) is 22.9. The number of alkyl halides is 3. The summed E-state index contributed by atoms with van der Waals surface area (Å²) in [7, 11) is 2.04. The first-order valence-corrected chi connectivity index (χ1v) is 8.95. The Hall–Kier alpha value is -2.15. The minimum atomic E-state index is -4.17. The number of hydrogen-bond acceptors (Lipinski definition) is 4. The minimum Gasteiger partial charge on any atom is -0.372 e. The fourth-order valence-corrected chi connectivity index (χ4v) is 2.35. The summed E-state index contributed by atoms with van der Waals surface area (Å²) in [6.45, 7) is 3.24. The van der Waals surface area contributed by atoms with Gasteiger partial charge in [0.2, 0.25) is 0 Å². The molecule has 0 fully saturated rings. The van der Waals surface area contributed by atoms with Gasteiger partial charge in [-0.1, -0.05) is 37.3 Å². The molecule has 0 atom stereocenters. The molecule has 7 heteroatoms. The maximum absolute atomic E-state index is 11.7.